The van der Waals surface area contributed by atoms with Gasteiger partial charge in [0, 0.05) is 11.3 Å². The number of aromatic hydroxyl groups is 1. The largest absolute Gasteiger partial charge is 0.542 e. The average molecular weight is 783 g/mol. The molecule has 0 aliphatic carbocycles. The number of piperidine rings is 1. The number of quaternary nitrogens is 1. The molecule has 0 radical (unpaired) electrons. The quantitative estimate of drug-likeness (QED) is 0.179. The first-order chi connectivity index (χ1) is 25.2. The fourth-order valence-corrected chi connectivity index (χ4v) is 6.35. The molecule has 1 aliphatic heterocycles. The number of likely N-dealkylation sites (tertiary alicyclic amines) is 1. The second-order valence-corrected chi connectivity index (χ2v) is 15.3. The molecule has 0 spiro atoms. The van der Waals surface area contributed by atoms with Crippen molar-refractivity contribution < 1.29 is 64.3 Å². The van der Waals surface area contributed by atoms with Crippen molar-refractivity contribution in [2.75, 3.05) is 39.7 Å². The molecule has 0 aromatic heterocycles. The van der Waals surface area contributed by atoms with E-state index in [2.05, 4.69) is 12.4 Å². The number of phenolic OH excluding ortho intramolecular Hbond substituents is 1. The Morgan fingerprint density at radius 2 is 1.57 bits per heavy atom. The summed E-state index contributed by atoms with van der Waals surface area (Å²) < 4.78 is 72.5. The zero-order valence-electron chi connectivity index (χ0n) is 30.5. The third-order valence-electron chi connectivity index (χ3n) is 8.56. The molecule has 14 nitrogen and oxygen atoms in total. The van der Waals surface area contributed by atoms with Gasteiger partial charge >= 0.3 is 22.3 Å². The Morgan fingerprint density at radius 1 is 1.00 bits per heavy atom. The summed E-state index contributed by atoms with van der Waals surface area (Å²) >= 11 is 0. The molecule has 4 rings (SSSR count). The Morgan fingerprint density at radius 3 is 2.11 bits per heavy atom. The van der Waals surface area contributed by atoms with Gasteiger partial charge < -0.3 is 44.2 Å². The predicted molar refractivity (Wildman–Crippen MR) is 190 cm³/mol. The normalized spacial score (nSPS) is 17.7. The van der Waals surface area contributed by atoms with Crippen LogP contribution in [0.15, 0.2) is 66.7 Å². The summed E-state index contributed by atoms with van der Waals surface area (Å²) in [7, 11) is 1.49. The number of hydrogen-bond donors (Lipinski definition) is 3. The number of benzene rings is 3. The summed E-state index contributed by atoms with van der Waals surface area (Å²) in [4.78, 5) is 38.0. The fourth-order valence-electron chi connectivity index (χ4n) is 5.78. The molecular formula is C36H45F3N4O10S. The van der Waals surface area contributed by atoms with Crippen molar-refractivity contribution in [1.82, 2.24) is 4.90 Å². The van der Waals surface area contributed by atoms with Gasteiger partial charge in [-0.2, -0.15) is 21.6 Å². The van der Waals surface area contributed by atoms with Crippen LogP contribution in [0.4, 0.5) is 23.7 Å². The lowest BCUT2D eigenvalue weighted by Gasteiger charge is -2.44. The van der Waals surface area contributed by atoms with Crippen LogP contribution in [0.5, 0.6) is 23.0 Å². The number of nitrogens with one attached hydrogen (secondary N) is 1. The molecule has 0 saturated carbocycles. The molecule has 54 heavy (non-hydrogen) atoms. The van der Waals surface area contributed by atoms with E-state index in [4.69, 9.17) is 29.3 Å². The number of carboxylic acid groups (broad SMARTS) is 1. The van der Waals surface area contributed by atoms with Crippen LogP contribution in [0, 0.1) is 0 Å². The predicted octanol–water partition coefficient (Wildman–Crippen LogP) is 3.56. The standard InChI is InChI=1S/C34H44N4O8S.C2HF3O2/c1-23(2)47(42,43)46-29-15-11-26(12-16-29)36-34(41)37(33(40)30(35)19-24-8-13-28(39)14-9-24)27-7-6-18-38(3,22-27)21-25-10-17-31(44-4)32(20-25)45-5;3-2(4,5)1(6)7/h8-17,20,23,27,30H,6-7,18-19,21-22,35H2,1-5H3,(H-,36,39,41);(H,6,7)/t27-,30-,38?;/m0./s1. The van der Waals surface area contributed by atoms with E-state index in [1.54, 1.807) is 26.4 Å². The van der Waals surface area contributed by atoms with Crippen LogP contribution in [-0.4, -0.2) is 98.7 Å². The van der Waals surface area contributed by atoms with Crippen molar-refractivity contribution in [2.45, 2.75) is 63.2 Å². The lowest BCUT2D eigenvalue weighted by atomic mass is 9.98. The molecule has 1 fully saturated rings. The number of alkyl halides is 3. The first kappa shape index (κ1) is 43.3. The molecule has 3 amide bonds. The minimum absolute atomic E-state index is 0.0987. The Labute approximate surface area is 311 Å². The highest BCUT2D eigenvalue weighted by Gasteiger charge is 2.41. The number of amides is 3. The van der Waals surface area contributed by atoms with Crippen LogP contribution < -0.4 is 29.8 Å². The molecule has 3 aromatic carbocycles. The van der Waals surface area contributed by atoms with Crippen LogP contribution in [0.3, 0.4) is 0 Å². The summed E-state index contributed by atoms with van der Waals surface area (Å²) in [5, 5.41) is 20.5. The van der Waals surface area contributed by atoms with Gasteiger partial charge in [0.15, 0.2) is 11.5 Å². The van der Waals surface area contributed by atoms with Gasteiger partial charge in [-0.25, -0.2) is 4.79 Å². The maximum atomic E-state index is 14.0. The number of imide groups is 1. The zero-order valence-corrected chi connectivity index (χ0v) is 31.3. The number of nitrogens with zero attached hydrogens (tertiary/aromatic N) is 2. The van der Waals surface area contributed by atoms with Gasteiger partial charge in [0.1, 0.15) is 30.6 Å². The third kappa shape index (κ3) is 12.2. The summed E-state index contributed by atoms with van der Waals surface area (Å²) in [6, 6.07) is 16.0. The average Bonchev–Trinajstić information content (AvgIpc) is 3.09. The summed E-state index contributed by atoms with van der Waals surface area (Å²) in [6.07, 6.45) is -3.65. The number of hydrogen-bond acceptors (Lipinski definition) is 11. The lowest BCUT2D eigenvalue weighted by molar-refractivity contribution is -0.928. The molecule has 1 unspecified atom stereocenters. The minimum Gasteiger partial charge on any atom is -0.542 e. The topological polar surface area (TPSA) is 198 Å². The molecule has 1 aliphatic rings. The Kier molecular flexibility index (Phi) is 14.7. The van der Waals surface area contributed by atoms with Crippen LogP contribution in [0.25, 0.3) is 0 Å². The highest BCUT2D eigenvalue weighted by atomic mass is 32.2. The second kappa shape index (κ2) is 18.3. The number of carbonyl (C=O) groups excluding carboxylic acids is 3. The number of carbonyl (C=O) groups is 3. The fraction of sp³-hybridized carbons (Fsp3) is 0.417. The summed E-state index contributed by atoms with van der Waals surface area (Å²) in [5.41, 5.74) is 8.57. The van der Waals surface area contributed by atoms with Crippen LogP contribution >= 0.6 is 0 Å². The van der Waals surface area contributed by atoms with Gasteiger partial charge in [0.05, 0.1) is 45.1 Å². The van der Waals surface area contributed by atoms with Crippen molar-refractivity contribution in [3.8, 4) is 23.0 Å². The number of ether oxygens (including phenoxy) is 2. The molecular weight excluding hydrogens is 737 g/mol. The number of aliphatic carboxylic acids is 1. The number of methoxy groups -OCH3 is 2. The van der Waals surface area contributed by atoms with Gasteiger partial charge in [-0.05, 0) is 93.3 Å². The van der Waals surface area contributed by atoms with Crippen LogP contribution in [0.1, 0.15) is 37.8 Å². The van der Waals surface area contributed by atoms with E-state index in [-0.39, 0.29) is 17.9 Å². The van der Waals surface area contributed by atoms with E-state index >= 15 is 0 Å². The third-order valence-corrected chi connectivity index (χ3v) is 10.1. The number of halogens is 3. The molecule has 3 atom stereocenters. The number of phenols is 1. The number of carboxylic acids is 1. The second-order valence-electron chi connectivity index (χ2n) is 13.2. The molecule has 3 aromatic rings. The van der Waals surface area contributed by atoms with Crippen molar-refractivity contribution in [1.29, 1.82) is 0 Å². The number of likely N-dealkylation sites (N-methyl/N-ethyl adjacent to an activating group) is 1. The van der Waals surface area contributed by atoms with E-state index in [0.717, 1.165) is 24.1 Å². The van der Waals surface area contributed by atoms with Gasteiger partial charge in [0.25, 0.3) is 0 Å². The zero-order chi connectivity index (χ0) is 40.4. The number of rotatable bonds is 12. The maximum Gasteiger partial charge on any atom is 0.430 e. The first-order valence-electron chi connectivity index (χ1n) is 16.7. The summed E-state index contributed by atoms with van der Waals surface area (Å²) in [6.45, 7) is 5.02. The lowest BCUT2D eigenvalue weighted by Crippen LogP contribution is -2.62. The SMILES string of the molecule is COc1ccc(C[N+]2(C)CCC[C@H](N(C(=O)Nc3ccc(OS(=O)(=O)C(C)C)cc3)C(=O)[C@@H](N)Cc3ccc(O)cc3)C2)cc1OC.O=C([O-])C(F)(F)F. The molecule has 18 heteroatoms. The minimum atomic E-state index is -5.19. The smallest absolute Gasteiger partial charge is 0.430 e. The van der Waals surface area contributed by atoms with Gasteiger partial charge in [0.2, 0.25) is 5.91 Å². The number of nitrogens with two attached hydrogens (primary N) is 1. The van der Waals surface area contributed by atoms with E-state index in [9.17, 15) is 36.3 Å². The van der Waals surface area contributed by atoms with Gasteiger partial charge in [-0.3, -0.25) is 9.69 Å². The van der Waals surface area contributed by atoms with Crippen LogP contribution in [-0.2, 0) is 32.7 Å². The molecule has 1 saturated heterocycles. The number of anilines is 1. The monoisotopic (exact) mass is 782 g/mol. The molecule has 4 N–H and O–H groups in total. The van der Waals surface area contributed by atoms with E-state index in [0.29, 0.717) is 41.2 Å². The first-order valence-corrected chi connectivity index (χ1v) is 18.2. The van der Waals surface area contributed by atoms with Crippen molar-refractivity contribution in [2.24, 2.45) is 5.73 Å². The van der Waals surface area contributed by atoms with E-state index in [1.165, 1.54) is 55.1 Å². The summed E-state index contributed by atoms with van der Waals surface area (Å²) in [5.74, 6) is -2.07. The highest BCUT2D eigenvalue weighted by Crippen LogP contribution is 2.31. The Bertz CT molecular complexity index is 1860. The van der Waals surface area contributed by atoms with Crippen LogP contribution in [0.2, 0.25) is 0 Å². The van der Waals surface area contributed by atoms with Gasteiger partial charge in [-0.15, -0.1) is 0 Å². The Hall–Kier alpha value is -5.07. The van der Waals surface area contributed by atoms with Gasteiger partial charge in [-0.1, -0.05) is 12.1 Å². The Balaban J connectivity index is 0.00000102. The van der Waals surface area contributed by atoms with E-state index in [1.807, 2.05) is 18.2 Å². The molecule has 0 bridgehead atoms. The number of urea groups is 1. The molecule has 296 valence electrons. The highest BCUT2D eigenvalue weighted by molar-refractivity contribution is 7.87. The van der Waals surface area contributed by atoms with Crippen molar-refractivity contribution in [3.05, 3.63) is 77.9 Å². The maximum absolute atomic E-state index is 14.0. The van der Waals surface area contributed by atoms with Crippen molar-refractivity contribution in [3.63, 3.8) is 0 Å². The van der Waals surface area contributed by atoms with E-state index < -0.39 is 51.5 Å². The van der Waals surface area contributed by atoms with Crippen molar-refractivity contribution >= 4 is 33.7 Å². The molecule has 1 heterocycles.